The third kappa shape index (κ3) is 3.91. The number of aromatic nitrogens is 4. The van der Waals surface area contributed by atoms with E-state index >= 15 is 0 Å². The van der Waals surface area contributed by atoms with Crippen molar-refractivity contribution in [2.75, 3.05) is 25.5 Å². The maximum absolute atomic E-state index is 4.49. The van der Waals surface area contributed by atoms with E-state index in [9.17, 15) is 0 Å². The van der Waals surface area contributed by atoms with E-state index in [1.54, 1.807) is 4.68 Å². The predicted molar refractivity (Wildman–Crippen MR) is 86.5 cm³/mol. The lowest BCUT2D eigenvalue weighted by Crippen LogP contribution is -2.27. The molecule has 2 aromatic heterocycles. The SMILES string of the molecule is Cc1nc(NCCCCN(C)C(C)C)c2cnn(C)c2n1. The maximum Gasteiger partial charge on any atom is 0.163 e. The fourth-order valence-electron chi connectivity index (χ4n) is 2.22. The Morgan fingerprint density at radius 2 is 2.05 bits per heavy atom. The van der Waals surface area contributed by atoms with Crippen LogP contribution in [-0.2, 0) is 7.05 Å². The second kappa shape index (κ2) is 6.85. The molecule has 0 spiro atoms. The molecule has 6 nitrogen and oxygen atoms in total. The molecule has 0 aliphatic carbocycles. The molecule has 0 aromatic carbocycles. The number of unbranched alkanes of at least 4 members (excludes halogenated alkanes) is 1. The molecule has 116 valence electrons. The number of hydrogen-bond acceptors (Lipinski definition) is 5. The second-order valence-electron chi connectivity index (χ2n) is 5.83. The van der Waals surface area contributed by atoms with Gasteiger partial charge in [0.2, 0.25) is 0 Å². The number of rotatable bonds is 7. The van der Waals surface area contributed by atoms with Gasteiger partial charge in [-0.25, -0.2) is 9.97 Å². The lowest BCUT2D eigenvalue weighted by molar-refractivity contribution is 0.269. The van der Waals surface area contributed by atoms with Gasteiger partial charge in [0.25, 0.3) is 0 Å². The fourth-order valence-corrected chi connectivity index (χ4v) is 2.22. The average molecular weight is 290 g/mol. The molecule has 6 heteroatoms. The van der Waals surface area contributed by atoms with Gasteiger partial charge >= 0.3 is 0 Å². The summed E-state index contributed by atoms with van der Waals surface area (Å²) in [4.78, 5) is 11.3. The van der Waals surface area contributed by atoms with Gasteiger partial charge in [-0.3, -0.25) is 4.68 Å². The molecule has 0 fully saturated rings. The molecule has 0 aliphatic rings. The van der Waals surface area contributed by atoms with Crippen molar-refractivity contribution in [1.29, 1.82) is 0 Å². The Morgan fingerprint density at radius 3 is 2.76 bits per heavy atom. The van der Waals surface area contributed by atoms with Gasteiger partial charge in [0.05, 0.1) is 11.6 Å². The largest absolute Gasteiger partial charge is 0.369 e. The molecule has 0 bridgehead atoms. The first-order valence-corrected chi connectivity index (χ1v) is 7.59. The Balaban J connectivity index is 1.89. The van der Waals surface area contributed by atoms with Crippen LogP contribution in [-0.4, -0.2) is 50.8 Å². The van der Waals surface area contributed by atoms with Crippen LogP contribution in [0.15, 0.2) is 6.20 Å². The van der Waals surface area contributed by atoms with Gasteiger partial charge in [-0.15, -0.1) is 0 Å². The van der Waals surface area contributed by atoms with Crippen LogP contribution in [0.3, 0.4) is 0 Å². The number of nitrogens with one attached hydrogen (secondary N) is 1. The van der Waals surface area contributed by atoms with E-state index in [2.05, 4.69) is 46.2 Å². The Kier molecular flexibility index (Phi) is 5.12. The zero-order valence-electron chi connectivity index (χ0n) is 13.7. The fraction of sp³-hybridized carbons (Fsp3) is 0.667. The Hall–Kier alpha value is -1.69. The van der Waals surface area contributed by atoms with E-state index in [1.807, 2.05) is 20.2 Å². The number of hydrogen-bond donors (Lipinski definition) is 1. The van der Waals surface area contributed by atoms with Gasteiger partial charge in [0.1, 0.15) is 11.6 Å². The normalized spacial score (nSPS) is 11.8. The summed E-state index contributed by atoms with van der Waals surface area (Å²) >= 11 is 0. The number of anilines is 1. The highest BCUT2D eigenvalue weighted by atomic mass is 15.3. The molecule has 0 amide bonds. The first-order chi connectivity index (χ1) is 9.99. The van der Waals surface area contributed by atoms with Crippen molar-refractivity contribution >= 4 is 16.9 Å². The molecular weight excluding hydrogens is 264 g/mol. The minimum absolute atomic E-state index is 0.609. The van der Waals surface area contributed by atoms with Crippen LogP contribution in [0.1, 0.15) is 32.5 Å². The van der Waals surface area contributed by atoms with Crippen LogP contribution in [0, 0.1) is 6.92 Å². The summed E-state index contributed by atoms with van der Waals surface area (Å²) < 4.78 is 1.78. The summed E-state index contributed by atoms with van der Waals surface area (Å²) in [6.07, 6.45) is 4.13. The summed E-state index contributed by atoms with van der Waals surface area (Å²) in [5.41, 5.74) is 0.879. The van der Waals surface area contributed by atoms with Crippen LogP contribution in [0.4, 0.5) is 5.82 Å². The van der Waals surface area contributed by atoms with Crippen molar-refractivity contribution in [2.45, 2.75) is 39.7 Å². The monoisotopic (exact) mass is 290 g/mol. The first kappa shape index (κ1) is 15.7. The minimum atomic E-state index is 0.609. The predicted octanol–water partition coefficient (Wildman–Crippen LogP) is 2.20. The highest BCUT2D eigenvalue weighted by Gasteiger charge is 2.09. The third-order valence-electron chi connectivity index (χ3n) is 3.82. The van der Waals surface area contributed by atoms with E-state index in [0.29, 0.717) is 6.04 Å². The Bertz CT molecular complexity index is 589. The Morgan fingerprint density at radius 1 is 1.29 bits per heavy atom. The van der Waals surface area contributed by atoms with Gasteiger partial charge in [0, 0.05) is 19.6 Å². The lowest BCUT2D eigenvalue weighted by atomic mass is 10.2. The van der Waals surface area contributed by atoms with Crippen LogP contribution >= 0.6 is 0 Å². The quantitative estimate of drug-likeness (QED) is 0.792. The second-order valence-corrected chi connectivity index (χ2v) is 5.83. The lowest BCUT2D eigenvalue weighted by Gasteiger charge is -2.20. The standard InChI is InChI=1S/C15H26N6/c1-11(2)20(4)9-7-6-8-16-14-13-10-17-21(5)15(13)19-12(3)18-14/h10-11H,6-9H2,1-5H3,(H,16,18,19). The van der Waals surface area contributed by atoms with Crippen LogP contribution < -0.4 is 5.32 Å². The summed E-state index contributed by atoms with van der Waals surface area (Å²) in [6.45, 7) is 8.41. The molecule has 21 heavy (non-hydrogen) atoms. The van der Waals surface area contributed by atoms with E-state index in [-0.39, 0.29) is 0 Å². The zero-order valence-corrected chi connectivity index (χ0v) is 13.7. The summed E-state index contributed by atoms with van der Waals surface area (Å²) in [7, 11) is 4.07. The number of aryl methyl sites for hydroxylation is 2. The Labute approximate surface area is 126 Å². The van der Waals surface area contributed by atoms with E-state index < -0.39 is 0 Å². The van der Waals surface area contributed by atoms with E-state index in [0.717, 1.165) is 42.2 Å². The molecule has 0 radical (unpaired) electrons. The number of nitrogens with zero attached hydrogens (tertiary/aromatic N) is 5. The van der Waals surface area contributed by atoms with E-state index in [1.165, 1.54) is 6.42 Å². The van der Waals surface area contributed by atoms with Crippen molar-refractivity contribution in [3.63, 3.8) is 0 Å². The highest BCUT2D eigenvalue weighted by molar-refractivity contribution is 5.86. The zero-order chi connectivity index (χ0) is 15.4. The highest BCUT2D eigenvalue weighted by Crippen LogP contribution is 2.19. The molecule has 0 saturated heterocycles. The van der Waals surface area contributed by atoms with E-state index in [4.69, 9.17) is 0 Å². The van der Waals surface area contributed by atoms with Gasteiger partial charge < -0.3 is 10.2 Å². The van der Waals surface area contributed by atoms with Crippen molar-refractivity contribution in [2.24, 2.45) is 7.05 Å². The van der Waals surface area contributed by atoms with Crippen molar-refractivity contribution < 1.29 is 0 Å². The molecule has 0 atom stereocenters. The third-order valence-corrected chi connectivity index (χ3v) is 3.82. The van der Waals surface area contributed by atoms with Gasteiger partial charge in [-0.1, -0.05) is 0 Å². The summed E-state index contributed by atoms with van der Waals surface area (Å²) in [6, 6.07) is 0.609. The number of fused-ring (bicyclic) bond motifs is 1. The average Bonchev–Trinajstić information content (AvgIpc) is 2.79. The van der Waals surface area contributed by atoms with Gasteiger partial charge in [0.15, 0.2) is 5.65 Å². The van der Waals surface area contributed by atoms with Gasteiger partial charge in [-0.05, 0) is 47.2 Å². The molecule has 2 heterocycles. The van der Waals surface area contributed by atoms with Crippen molar-refractivity contribution in [3.8, 4) is 0 Å². The smallest absolute Gasteiger partial charge is 0.163 e. The summed E-state index contributed by atoms with van der Waals surface area (Å²) in [5, 5.41) is 8.66. The van der Waals surface area contributed by atoms with Gasteiger partial charge in [-0.2, -0.15) is 5.10 Å². The van der Waals surface area contributed by atoms with Crippen molar-refractivity contribution in [3.05, 3.63) is 12.0 Å². The maximum atomic E-state index is 4.49. The van der Waals surface area contributed by atoms with Crippen LogP contribution in [0.2, 0.25) is 0 Å². The molecule has 1 N–H and O–H groups in total. The summed E-state index contributed by atoms with van der Waals surface area (Å²) in [5.74, 6) is 1.66. The molecule has 2 aromatic rings. The minimum Gasteiger partial charge on any atom is -0.369 e. The first-order valence-electron chi connectivity index (χ1n) is 7.59. The molecular formula is C15H26N6. The molecule has 0 unspecified atom stereocenters. The topological polar surface area (TPSA) is 58.9 Å². The molecule has 0 saturated carbocycles. The van der Waals surface area contributed by atoms with Crippen molar-refractivity contribution in [1.82, 2.24) is 24.6 Å². The van der Waals surface area contributed by atoms with Crippen LogP contribution in [0.5, 0.6) is 0 Å². The molecule has 0 aliphatic heterocycles. The molecule has 2 rings (SSSR count). The van der Waals surface area contributed by atoms with Crippen LogP contribution in [0.25, 0.3) is 11.0 Å².